The second-order valence-corrected chi connectivity index (χ2v) is 4.69. The Hall–Kier alpha value is -1.78. The molecule has 5 heteroatoms. The second-order valence-electron chi connectivity index (χ2n) is 4.69. The van der Waals surface area contributed by atoms with E-state index < -0.39 is 6.09 Å². The van der Waals surface area contributed by atoms with E-state index in [1.807, 2.05) is 12.2 Å². The quantitative estimate of drug-likeness (QED) is 0.576. The maximum absolute atomic E-state index is 11.9. The van der Waals surface area contributed by atoms with Crippen molar-refractivity contribution in [2.45, 2.75) is 38.3 Å². The van der Waals surface area contributed by atoms with Gasteiger partial charge in [-0.05, 0) is 18.4 Å². The Morgan fingerprint density at radius 1 is 1.21 bits per heavy atom. The first-order valence-electron chi connectivity index (χ1n) is 6.51. The molecule has 0 aromatic heterocycles. The molecule has 0 saturated heterocycles. The van der Waals surface area contributed by atoms with Crippen LogP contribution in [0.25, 0.3) is 0 Å². The molecule has 0 saturated carbocycles. The van der Waals surface area contributed by atoms with E-state index in [-0.39, 0.29) is 18.1 Å². The molecule has 5 nitrogen and oxygen atoms in total. The summed E-state index contributed by atoms with van der Waals surface area (Å²) in [6.45, 7) is 2.10. The number of esters is 1. The van der Waals surface area contributed by atoms with Crippen molar-refractivity contribution in [1.82, 2.24) is 4.90 Å². The van der Waals surface area contributed by atoms with Gasteiger partial charge in [0.05, 0.1) is 31.9 Å². The molecule has 2 atom stereocenters. The molecule has 0 spiro atoms. The number of nitrogens with zero attached hydrogens (tertiary/aromatic N) is 1. The summed E-state index contributed by atoms with van der Waals surface area (Å²) in [7, 11) is 2.72. The van der Waals surface area contributed by atoms with Gasteiger partial charge >= 0.3 is 12.1 Å². The highest BCUT2D eigenvalue weighted by atomic mass is 16.5. The topological polar surface area (TPSA) is 55.8 Å². The van der Waals surface area contributed by atoms with E-state index in [0.717, 1.165) is 24.8 Å². The minimum absolute atomic E-state index is 0.155. The first-order valence-corrected chi connectivity index (χ1v) is 6.51. The minimum Gasteiger partial charge on any atom is -0.466 e. The van der Waals surface area contributed by atoms with E-state index in [4.69, 9.17) is 9.47 Å². The molecule has 0 aromatic rings. The van der Waals surface area contributed by atoms with Crippen LogP contribution in [0.1, 0.15) is 26.2 Å². The van der Waals surface area contributed by atoms with Gasteiger partial charge in [-0.2, -0.15) is 0 Å². The molecule has 0 unspecified atom stereocenters. The molecule has 2 bridgehead atoms. The van der Waals surface area contributed by atoms with Crippen LogP contribution in [0.4, 0.5) is 4.79 Å². The Balaban J connectivity index is 2.31. The Morgan fingerprint density at radius 2 is 1.89 bits per heavy atom. The summed E-state index contributed by atoms with van der Waals surface area (Å²) < 4.78 is 9.65. The monoisotopic (exact) mass is 265 g/mol. The lowest BCUT2D eigenvalue weighted by molar-refractivity contribution is -0.136. The number of amides is 1. The number of unbranched alkanes of at least 4 members (excludes halogenated alkanes) is 1. The van der Waals surface area contributed by atoms with Crippen LogP contribution in [-0.2, 0) is 14.3 Å². The molecule has 0 aliphatic carbocycles. The molecule has 0 radical (unpaired) electrons. The van der Waals surface area contributed by atoms with Crippen LogP contribution in [0, 0.1) is 0 Å². The first-order chi connectivity index (χ1) is 9.15. The summed E-state index contributed by atoms with van der Waals surface area (Å²) in [5, 5.41) is 0. The highest BCUT2D eigenvalue weighted by molar-refractivity contribution is 5.95. The maximum atomic E-state index is 11.9. The zero-order valence-electron chi connectivity index (χ0n) is 11.5. The molecule has 2 aliphatic heterocycles. The summed E-state index contributed by atoms with van der Waals surface area (Å²) in [6, 6.07) is -0.491. The lowest BCUT2D eigenvalue weighted by atomic mass is 9.93. The van der Waals surface area contributed by atoms with Gasteiger partial charge in [0.1, 0.15) is 0 Å². The lowest BCUT2D eigenvalue weighted by Gasteiger charge is -2.22. The van der Waals surface area contributed by atoms with E-state index in [1.165, 1.54) is 14.2 Å². The number of hydrogen-bond donors (Lipinski definition) is 0. The zero-order valence-corrected chi connectivity index (χ0v) is 11.5. The molecule has 0 fully saturated rings. The summed E-state index contributed by atoms with van der Waals surface area (Å²) >= 11 is 0. The third-order valence-electron chi connectivity index (χ3n) is 3.66. The number of rotatable bonds is 4. The van der Waals surface area contributed by atoms with Crippen molar-refractivity contribution < 1.29 is 19.1 Å². The van der Waals surface area contributed by atoms with Gasteiger partial charge in [-0.3, -0.25) is 4.90 Å². The van der Waals surface area contributed by atoms with Crippen LogP contribution in [0.3, 0.4) is 0 Å². The van der Waals surface area contributed by atoms with Crippen LogP contribution in [0.15, 0.2) is 23.3 Å². The third kappa shape index (κ3) is 2.13. The van der Waals surface area contributed by atoms with Gasteiger partial charge in [-0.1, -0.05) is 25.5 Å². The molecule has 0 aromatic carbocycles. The Labute approximate surface area is 112 Å². The Bertz CT molecular complexity index is 452. The third-order valence-corrected chi connectivity index (χ3v) is 3.66. The predicted molar refractivity (Wildman–Crippen MR) is 69.5 cm³/mol. The average Bonchev–Trinajstić information content (AvgIpc) is 2.98. The highest BCUT2D eigenvalue weighted by Crippen LogP contribution is 2.40. The van der Waals surface area contributed by atoms with E-state index in [1.54, 1.807) is 4.90 Å². The molecule has 1 amide bonds. The van der Waals surface area contributed by atoms with E-state index in [2.05, 4.69) is 6.92 Å². The van der Waals surface area contributed by atoms with Crippen LogP contribution >= 0.6 is 0 Å². The average molecular weight is 265 g/mol. The number of ether oxygens (including phenoxy) is 2. The van der Waals surface area contributed by atoms with Crippen molar-refractivity contribution in [3.63, 3.8) is 0 Å². The summed E-state index contributed by atoms with van der Waals surface area (Å²) in [5.74, 6) is -0.350. The van der Waals surface area contributed by atoms with Crippen molar-refractivity contribution in [3.8, 4) is 0 Å². The number of carbonyl (C=O) groups is 2. The lowest BCUT2D eigenvalue weighted by Crippen LogP contribution is -2.38. The van der Waals surface area contributed by atoms with Crippen LogP contribution < -0.4 is 0 Å². The molecular formula is C14H19NO4. The van der Waals surface area contributed by atoms with Crippen LogP contribution in [0.5, 0.6) is 0 Å². The standard InChI is InChI=1S/C14H19NO4/c1-4-5-6-9-10-7-8-11(12(9)13(16)18-2)15(10)14(17)19-3/h7-8,10-11H,4-6H2,1-3H3/t10-,11+/m1/s1. The summed E-state index contributed by atoms with van der Waals surface area (Å²) in [6.07, 6.45) is 6.24. The SMILES string of the molecule is CCCCC1=C(C(=O)OC)[C@@H]2C=C[C@H]1N2C(=O)OC. The molecular weight excluding hydrogens is 246 g/mol. The molecule has 2 heterocycles. The smallest absolute Gasteiger partial charge is 0.411 e. The summed E-state index contributed by atoms with van der Waals surface area (Å²) in [4.78, 5) is 25.4. The van der Waals surface area contributed by atoms with Gasteiger partial charge < -0.3 is 9.47 Å². The van der Waals surface area contributed by atoms with Crippen molar-refractivity contribution >= 4 is 12.1 Å². The van der Waals surface area contributed by atoms with Gasteiger partial charge in [0, 0.05) is 0 Å². The fourth-order valence-electron chi connectivity index (χ4n) is 2.78. The van der Waals surface area contributed by atoms with Gasteiger partial charge in [-0.15, -0.1) is 0 Å². The van der Waals surface area contributed by atoms with Crippen LogP contribution in [-0.4, -0.2) is 43.3 Å². The molecule has 2 aliphatic rings. The molecule has 2 rings (SSSR count). The van der Waals surface area contributed by atoms with Gasteiger partial charge in [0.2, 0.25) is 0 Å². The Kier molecular flexibility index (Phi) is 3.93. The number of hydrogen-bond acceptors (Lipinski definition) is 4. The van der Waals surface area contributed by atoms with Crippen molar-refractivity contribution in [2.24, 2.45) is 0 Å². The molecule has 19 heavy (non-hydrogen) atoms. The van der Waals surface area contributed by atoms with Crippen molar-refractivity contribution in [2.75, 3.05) is 14.2 Å². The van der Waals surface area contributed by atoms with E-state index in [0.29, 0.717) is 5.57 Å². The minimum atomic E-state index is -0.409. The largest absolute Gasteiger partial charge is 0.466 e. The fourth-order valence-corrected chi connectivity index (χ4v) is 2.78. The van der Waals surface area contributed by atoms with Gasteiger partial charge in [0.15, 0.2) is 0 Å². The van der Waals surface area contributed by atoms with Crippen molar-refractivity contribution in [1.29, 1.82) is 0 Å². The second kappa shape index (κ2) is 5.47. The highest BCUT2D eigenvalue weighted by Gasteiger charge is 2.47. The Morgan fingerprint density at radius 3 is 2.47 bits per heavy atom. The first kappa shape index (κ1) is 13.6. The number of fused-ring (bicyclic) bond motifs is 2. The normalized spacial score (nSPS) is 24.1. The molecule has 0 N–H and O–H groups in total. The van der Waals surface area contributed by atoms with Gasteiger partial charge in [0.25, 0.3) is 0 Å². The maximum Gasteiger partial charge on any atom is 0.411 e. The van der Waals surface area contributed by atoms with Crippen LogP contribution in [0.2, 0.25) is 0 Å². The number of methoxy groups -OCH3 is 2. The number of carbonyl (C=O) groups excluding carboxylic acids is 2. The molecule has 104 valence electrons. The van der Waals surface area contributed by atoms with E-state index >= 15 is 0 Å². The van der Waals surface area contributed by atoms with Gasteiger partial charge in [-0.25, -0.2) is 9.59 Å². The summed E-state index contributed by atoms with van der Waals surface area (Å²) in [5.41, 5.74) is 1.60. The zero-order chi connectivity index (χ0) is 14.0. The van der Waals surface area contributed by atoms with E-state index in [9.17, 15) is 9.59 Å². The fraction of sp³-hybridized carbons (Fsp3) is 0.571. The predicted octanol–water partition coefficient (Wildman–Crippen LogP) is 2.04. The van der Waals surface area contributed by atoms with Crippen molar-refractivity contribution in [3.05, 3.63) is 23.3 Å².